The number of aliphatic hydroxyl groups excluding tert-OH is 1. The lowest BCUT2D eigenvalue weighted by atomic mass is 10.2. The Hall–Kier alpha value is -1.39. The maximum atomic E-state index is 9.33. The molecule has 0 radical (unpaired) electrons. The molecule has 4 heteroatoms. The quantitative estimate of drug-likeness (QED) is 0.883. The van der Waals surface area contributed by atoms with Gasteiger partial charge in [0.2, 0.25) is 0 Å². The van der Waals surface area contributed by atoms with Crippen molar-refractivity contribution >= 4 is 11.8 Å². The van der Waals surface area contributed by atoms with Crippen molar-refractivity contribution < 1.29 is 5.11 Å². The lowest BCUT2D eigenvalue weighted by Crippen LogP contribution is -1.94. The van der Waals surface area contributed by atoms with E-state index in [0.717, 1.165) is 9.79 Å². The fourth-order valence-electron chi connectivity index (χ4n) is 1.24. The summed E-state index contributed by atoms with van der Waals surface area (Å²) >= 11 is 1.62. The standard InChI is InChI=1S/C12H12N2OS/c1-9(15)12-3-2-11(8-14-12)16-10-4-6-13-7-5-10/h2-9,15H,1H3/t9-/m0/s1. The van der Waals surface area contributed by atoms with Gasteiger partial charge in [-0.15, -0.1) is 0 Å². The van der Waals surface area contributed by atoms with Crippen LogP contribution in [-0.2, 0) is 0 Å². The van der Waals surface area contributed by atoms with E-state index in [1.54, 1.807) is 37.3 Å². The van der Waals surface area contributed by atoms with Crippen molar-refractivity contribution in [1.82, 2.24) is 9.97 Å². The molecule has 1 N–H and O–H groups in total. The molecule has 2 aromatic heterocycles. The van der Waals surface area contributed by atoms with Crippen LogP contribution < -0.4 is 0 Å². The van der Waals surface area contributed by atoms with E-state index >= 15 is 0 Å². The number of rotatable bonds is 3. The summed E-state index contributed by atoms with van der Waals surface area (Å²) in [4.78, 5) is 10.3. The van der Waals surface area contributed by atoms with Gasteiger partial charge in [0.1, 0.15) is 0 Å². The number of hydrogen-bond donors (Lipinski definition) is 1. The molecule has 0 bridgehead atoms. The molecule has 3 nitrogen and oxygen atoms in total. The van der Waals surface area contributed by atoms with Crippen LogP contribution in [0.25, 0.3) is 0 Å². The Morgan fingerprint density at radius 1 is 1.12 bits per heavy atom. The van der Waals surface area contributed by atoms with Gasteiger partial charge in [0.25, 0.3) is 0 Å². The molecule has 2 heterocycles. The highest BCUT2D eigenvalue weighted by Gasteiger charge is 2.02. The second kappa shape index (κ2) is 5.09. The number of aromatic nitrogens is 2. The fraction of sp³-hybridized carbons (Fsp3) is 0.167. The van der Waals surface area contributed by atoms with E-state index < -0.39 is 6.10 Å². The fourth-order valence-corrected chi connectivity index (χ4v) is 2.01. The minimum atomic E-state index is -0.514. The molecule has 0 saturated carbocycles. The third-order valence-electron chi connectivity index (χ3n) is 2.07. The van der Waals surface area contributed by atoms with Crippen LogP contribution in [0.4, 0.5) is 0 Å². The summed E-state index contributed by atoms with van der Waals surface area (Å²) in [6, 6.07) is 7.70. The van der Waals surface area contributed by atoms with Crippen LogP contribution in [0.5, 0.6) is 0 Å². The largest absolute Gasteiger partial charge is 0.387 e. The monoisotopic (exact) mass is 232 g/mol. The first-order chi connectivity index (χ1) is 7.75. The summed E-state index contributed by atoms with van der Waals surface area (Å²) in [5.74, 6) is 0. The first-order valence-electron chi connectivity index (χ1n) is 4.97. The average molecular weight is 232 g/mol. The van der Waals surface area contributed by atoms with Gasteiger partial charge in [0.05, 0.1) is 11.8 Å². The topological polar surface area (TPSA) is 46.0 Å². The van der Waals surface area contributed by atoms with Gasteiger partial charge < -0.3 is 5.11 Å². The Morgan fingerprint density at radius 2 is 1.88 bits per heavy atom. The van der Waals surface area contributed by atoms with Crippen molar-refractivity contribution in [2.45, 2.75) is 22.8 Å². The zero-order valence-electron chi connectivity index (χ0n) is 8.87. The Balaban J connectivity index is 2.11. The Morgan fingerprint density at radius 3 is 2.44 bits per heavy atom. The van der Waals surface area contributed by atoms with Gasteiger partial charge in [0.15, 0.2) is 0 Å². The van der Waals surface area contributed by atoms with Crippen LogP contribution in [0.3, 0.4) is 0 Å². The van der Waals surface area contributed by atoms with Gasteiger partial charge in [0, 0.05) is 28.4 Å². The molecule has 0 aliphatic carbocycles. The molecule has 0 amide bonds. The normalized spacial score (nSPS) is 12.4. The second-order valence-corrected chi connectivity index (χ2v) is 4.53. The molecule has 2 aromatic rings. The van der Waals surface area contributed by atoms with E-state index in [2.05, 4.69) is 9.97 Å². The highest BCUT2D eigenvalue weighted by Crippen LogP contribution is 2.26. The van der Waals surface area contributed by atoms with E-state index in [-0.39, 0.29) is 0 Å². The van der Waals surface area contributed by atoms with Crippen LogP contribution >= 0.6 is 11.8 Å². The molecular formula is C12H12N2OS. The minimum Gasteiger partial charge on any atom is -0.387 e. The van der Waals surface area contributed by atoms with Gasteiger partial charge in [-0.05, 0) is 31.2 Å². The minimum absolute atomic E-state index is 0.514. The molecule has 0 fully saturated rings. The van der Waals surface area contributed by atoms with E-state index in [1.165, 1.54) is 0 Å². The maximum Gasteiger partial charge on any atom is 0.0931 e. The van der Waals surface area contributed by atoms with Crippen LogP contribution in [0.2, 0.25) is 0 Å². The van der Waals surface area contributed by atoms with E-state index in [0.29, 0.717) is 5.69 Å². The zero-order valence-corrected chi connectivity index (χ0v) is 9.69. The van der Waals surface area contributed by atoms with Crippen LogP contribution in [0.1, 0.15) is 18.7 Å². The lowest BCUT2D eigenvalue weighted by Gasteiger charge is -2.04. The first kappa shape index (κ1) is 11.1. The first-order valence-corrected chi connectivity index (χ1v) is 5.79. The Kier molecular flexibility index (Phi) is 3.54. The smallest absolute Gasteiger partial charge is 0.0931 e. The van der Waals surface area contributed by atoms with Crippen molar-refractivity contribution in [2.24, 2.45) is 0 Å². The van der Waals surface area contributed by atoms with Crippen molar-refractivity contribution in [1.29, 1.82) is 0 Å². The molecule has 0 aliphatic heterocycles. The molecule has 0 spiro atoms. The van der Waals surface area contributed by atoms with Gasteiger partial charge in [-0.1, -0.05) is 11.8 Å². The predicted molar refractivity (Wildman–Crippen MR) is 63.2 cm³/mol. The third kappa shape index (κ3) is 2.81. The predicted octanol–water partition coefficient (Wildman–Crippen LogP) is 2.68. The van der Waals surface area contributed by atoms with Crippen molar-refractivity contribution in [2.75, 3.05) is 0 Å². The molecule has 0 aromatic carbocycles. The maximum absolute atomic E-state index is 9.33. The van der Waals surface area contributed by atoms with Crippen LogP contribution in [0.15, 0.2) is 52.6 Å². The summed E-state index contributed by atoms with van der Waals surface area (Å²) in [5, 5.41) is 9.33. The summed E-state index contributed by atoms with van der Waals surface area (Å²) in [5.41, 5.74) is 0.694. The lowest BCUT2D eigenvalue weighted by molar-refractivity contribution is 0.194. The number of pyridine rings is 2. The van der Waals surface area contributed by atoms with Gasteiger partial charge >= 0.3 is 0 Å². The Labute approximate surface area is 98.6 Å². The molecule has 16 heavy (non-hydrogen) atoms. The second-order valence-electron chi connectivity index (χ2n) is 3.38. The molecule has 1 atom stereocenters. The molecular weight excluding hydrogens is 220 g/mol. The summed E-state index contributed by atoms with van der Waals surface area (Å²) in [7, 11) is 0. The highest BCUT2D eigenvalue weighted by atomic mass is 32.2. The summed E-state index contributed by atoms with van der Waals surface area (Å²) in [6.45, 7) is 1.71. The summed E-state index contributed by atoms with van der Waals surface area (Å²) < 4.78 is 0. The average Bonchev–Trinajstić information content (AvgIpc) is 2.31. The van der Waals surface area contributed by atoms with E-state index in [4.69, 9.17) is 0 Å². The Bertz CT molecular complexity index is 442. The SMILES string of the molecule is C[C@H](O)c1ccc(Sc2ccncc2)cn1. The van der Waals surface area contributed by atoms with Crippen molar-refractivity contribution in [3.63, 3.8) is 0 Å². The van der Waals surface area contributed by atoms with E-state index in [1.807, 2.05) is 24.3 Å². The molecule has 0 unspecified atom stereocenters. The highest BCUT2D eigenvalue weighted by molar-refractivity contribution is 7.99. The van der Waals surface area contributed by atoms with Crippen molar-refractivity contribution in [3.05, 3.63) is 48.5 Å². The molecule has 0 saturated heterocycles. The van der Waals surface area contributed by atoms with Crippen LogP contribution in [0, 0.1) is 0 Å². The number of hydrogen-bond acceptors (Lipinski definition) is 4. The van der Waals surface area contributed by atoms with Gasteiger partial charge in [-0.3, -0.25) is 9.97 Å². The molecule has 2 rings (SSSR count). The van der Waals surface area contributed by atoms with Gasteiger partial charge in [-0.25, -0.2) is 0 Å². The number of aliphatic hydroxyl groups is 1. The van der Waals surface area contributed by atoms with Crippen molar-refractivity contribution in [3.8, 4) is 0 Å². The number of nitrogens with zero attached hydrogens (tertiary/aromatic N) is 2. The van der Waals surface area contributed by atoms with Gasteiger partial charge in [-0.2, -0.15) is 0 Å². The molecule has 82 valence electrons. The molecule has 0 aliphatic rings. The van der Waals surface area contributed by atoms with E-state index in [9.17, 15) is 5.11 Å². The summed E-state index contributed by atoms with van der Waals surface area (Å²) in [6.07, 6.45) is 4.78. The van der Waals surface area contributed by atoms with Crippen LogP contribution in [-0.4, -0.2) is 15.1 Å². The third-order valence-corrected chi connectivity index (χ3v) is 3.06. The zero-order chi connectivity index (χ0) is 11.4.